The summed E-state index contributed by atoms with van der Waals surface area (Å²) in [7, 11) is -3.72. The van der Waals surface area contributed by atoms with Crippen molar-refractivity contribution in [2.75, 3.05) is 16.7 Å². The van der Waals surface area contributed by atoms with Gasteiger partial charge in [-0.15, -0.1) is 0 Å². The van der Waals surface area contributed by atoms with Crippen LogP contribution in [0.5, 0.6) is 0 Å². The summed E-state index contributed by atoms with van der Waals surface area (Å²) < 4.78 is 47.4. The van der Waals surface area contributed by atoms with Crippen LogP contribution in [0.2, 0.25) is 0 Å². The number of carboxylic acid groups (broad SMARTS) is 1. The van der Waals surface area contributed by atoms with Crippen molar-refractivity contribution < 1.29 is 37.7 Å². The summed E-state index contributed by atoms with van der Waals surface area (Å²) in [5, 5.41) is 29.3. The minimum Gasteiger partial charge on any atom is -0.481 e. The minimum absolute atomic E-state index is 0.0637. The van der Waals surface area contributed by atoms with Gasteiger partial charge in [-0.3, -0.25) is 4.79 Å². The van der Waals surface area contributed by atoms with Gasteiger partial charge >= 0.3 is 5.97 Å². The van der Waals surface area contributed by atoms with E-state index in [1.165, 1.54) is 22.5 Å². The molecular formula is C27H35FN2O7S. The van der Waals surface area contributed by atoms with Crippen LogP contribution in [0.15, 0.2) is 30.3 Å². The van der Waals surface area contributed by atoms with E-state index < -0.39 is 46.5 Å². The lowest BCUT2D eigenvalue weighted by Crippen LogP contribution is -2.42. The molecule has 3 rings (SSSR count). The molecule has 2 heterocycles. The molecule has 0 saturated carbocycles. The van der Waals surface area contributed by atoms with E-state index in [0.29, 0.717) is 27.9 Å². The van der Waals surface area contributed by atoms with E-state index in [-0.39, 0.29) is 37.1 Å². The van der Waals surface area contributed by atoms with Crippen molar-refractivity contribution in [2.24, 2.45) is 0 Å². The van der Waals surface area contributed by atoms with Gasteiger partial charge in [0.1, 0.15) is 11.6 Å². The third-order valence-corrected chi connectivity index (χ3v) is 8.17. The summed E-state index contributed by atoms with van der Waals surface area (Å²) in [5.74, 6) is -1.65. The maximum absolute atomic E-state index is 13.9. The predicted octanol–water partition coefficient (Wildman–Crippen LogP) is 3.69. The van der Waals surface area contributed by atoms with Gasteiger partial charge in [-0.1, -0.05) is 38.1 Å². The van der Waals surface area contributed by atoms with E-state index in [4.69, 9.17) is 14.8 Å². The molecule has 0 spiro atoms. The van der Waals surface area contributed by atoms with E-state index in [9.17, 15) is 27.8 Å². The lowest BCUT2D eigenvalue weighted by molar-refractivity contribution is -0.139. The van der Waals surface area contributed by atoms with E-state index in [0.717, 1.165) is 0 Å². The van der Waals surface area contributed by atoms with Crippen LogP contribution in [0, 0.1) is 5.82 Å². The van der Waals surface area contributed by atoms with Crippen LogP contribution in [-0.4, -0.2) is 65.3 Å². The van der Waals surface area contributed by atoms with Gasteiger partial charge in [0.15, 0.2) is 0 Å². The summed E-state index contributed by atoms with van der Waals surface area (Å²) >= 11 is 0. The van der Waals surface area contributed by atoms with E-state index >= 15 is 0 Å². The number of fused-ring (bicyclic) bond motifs is 1. The lowest BCUT2D eigenvalue weighted by atomic mass is 9.90. The molecule has 1 aliphatic heterocycles. The molecule has 0 radical (unpaired) electrons. The van der Waals surface area contributed by atoms with Crippen molar-refractivity contribution in [3.63, 3.8) is 0 Å². The first-order valence-electron chi connectivity index (χ1n) is 12.5. The number of aliphatic hydroxyl groups is 2. The largest absolute Gasteiger partial charge is 0.481 e. The topological polar surface area (TPSA) is 137 Å². The Morgan fingerprint density at radius 1 is 1.26 bits per heavy atom. The van der Waals surface area contributed by atoms with Crippen molar-refractivity contribution in [1.82, 2.24) is 4.98 Å². The number of pyridine rings is 1. The fourth-order valence-electron chi connectivity index (χ4n) is 4.52. The first-order valence-corrected chi connectivity index (χ1v) is 14.1. The van der Waals surface area contributed by atoms with Crippen LogP contribution < -0.4 is 4.31 Å². The molecule has 38 heavy (non-hydrogen) atoms. The third kappa shape index (κ3) is 6.76. The molecule has 3 N–H and O–H groups in total. The van der Waals surface area contributed by atoms with Gasteiger partial charge in [0, 0.05) is 17.5 Å². The molecule has 1 aromatic carbocycles. The summed E-state index contributed by atoms with van der Waals surface area (Å²) in [6, 6.07) is 5.29. The molecule has 0 fully saturated rings. The number of aromatic nitrogens is 1. The minimum atomic E-state index is -3.72. The molecule has 0 bridgehead atoms. The van der Waals surface area contributed by atoms with Crippen LogP contribution in [0.25, 0.3) is 17.2 Å². The Kier molecular flexibility index (Phi) is 9.64. The number of rotatable bonds is 10. The Balaban J connectivity index is 2.28. The van der Waals surface area contributed by atoms with Gasteiger partial charge in [-0.05, 0) is 43.0 Å². The SMILES string of the molecule is CCS(=O)(=O)N1c2nc(C(C)C)c(/C=C/[C@@H](O)C[C@@H](O)CC(=O)O)c(-c3ccc(F)cc3)c2COC[C@@H]1C. The van der Waals surface area contributed by atoms with Crippen molar-refractivity contribution in [1.29, 1.82) is 0 Å². The Bertz CT molecular complexity index is 1280. The maximum atomic E-state index is 13.9. The van der Waals surface area contributed by atoms with Gasteiger partial charge in [-0.25, -0.2) is 22.1 Å². The maximum Gasteiger partial charge on any atom is 0.305 e. The third-order valence-electron chi connectivity index (χ3n) is 6.31. The molecule has 11 heteroatoms. The van der Waals surface area contributed by atoms with Crippen molar-refractivity contribution >= 4 is 27.9 Å². The quantitative estimate of drug-likeness (QED) is 0.407. The molecule has 1 aliphatic rings. The number of sulfonamides is 1. The molecule has 9 nitrogen and oxygen atoms in total. The zero-order valence-electron chi connectivity index (χ0n) is 22.0. The number of benzene rings is 1. The predicted molar refractivity (Wildman–Crippen MR) is 143 cm³/mol. The molecule has 0 unspecified atom stereocenters. The zero-order chi connectivity index (χ0) is 28.2. The van der Waals surface area contributed by atoms with E-state index in [2.05, 4.69) is 0 Å². The first kappa shape index (κ1) is 29.7. The number of hydrogen-bond acceptors (Lipinski definition) is 7. The fraction of sp³-hybridized carbons (Fsp3) is 0.481. The first-order chi connectivity index (χ1) is 17.9. The number of halogens is 1. The van der Waals surface area contributed by atoms with Crippen LogP contribution in [0.3, 0.4) is 0 Å². The van der Waals surface area contributed by atoms with E-state index in [1.807, 2.05) is 13.8 Å². The number of aliphatic carboxylic acids is 1. The fourth-order valence-corrected chi connectivity index (χ4v) is 5.82. The summed E-state index contributed by atoms with van der Waals surface area (Å²) in [6.07, 6.45) is -0.00682. The number of hydrogen-bond donors (Lipinski definition) is 3. The van der Waals surface area contributed by atoms with Gasteiger partial charge < -0.3 is 20.1 Å². The van der Waals surface area contributed by atoms with Crippen LogP contribution in [0.4, 0.5) is 10.2 Å². The molecular weight excluding hydrogens is 515 g/mol. The van der Waals surface area contributed by atoms with Crippen molar-refractivity contribution in [3.8, 4) is 11.1 Å². The monoisotopic (exact) mass is 550 g/mol. The Hall–Kier alpha value is -2.86. The molecule has 0 amide bonds. The number of carboxylic acids is 1. The highest BCUT2D eigenvalue weighted by Gasteiger charge is 2.35. The Morgan fingerprint density at radius 3 is 2.50 bits per heavy atom. The van der Waals surface area contributed by atoms with Gasteiger partial charge in [0.25, 0.3) is 0 Å². The smallest absolute Gasteiger partial charge is 0.305 e. The number of carbonyl (C=O) groups is 1. The summed E-state index contributed by atoms with van der Waals surface area (Å²) in [6.45, 7) is 7.35. The second kappa shape index (κ2) is 12.3. The summed E-state index contributed by atoms with van der Waals surface area (Å²) in [4.78, 5) is 15.7. The molecule has 0 aliphatic carbocycles. The molecule has 2 aromatic rings. The zero-order valence-corrected chi connectivity index (χ0v) is 22.8. The lowest BCUT2D eigenvalue weighted by Gasteiger charge is -2.30. The van der Waals surface area contributed by atoms with Crippen molar-refractivity contribution in [2.45, 2.75) is 71.3 Å². The number of anilines is 1. The van der Waals surface area contributed by atoms with Gasteiger partial charge in [0.05, 0.1) is 49.3 Å². The molecule has 3 atom stereocenters. The highest BCUT2D eigenvalue weighted by Crippen LogP contribution is 2.41. The van der Waals surface area contributed by atoms with Crippen molar-refractivity contribution in [3.05, 3.63) is 53.0 Å². The molecule has 1 aromatic heterocycles. The van der Waals surface area contributed by atoms with Gasteiger partial charge in [0.2, 0.25) is 10.0 Å². The number of aliphatic hydroxyl groups excluding tert-OH is 2. The van der Waals surface area contributed by atoms with Crippen LogP contribution in [0.1, 0.15) is 63.3 Å². The highest BCUT2D eigenvalue weighted by molar-refractivity contribution is 7.92. The van der Waals surface area contributed by atoms with Gasteiger partial charge in [-0.2, -0.15) is 0 Å². The molecule has 0 saturated heterocycles. The highest BCUT2D eigenvalue weighted by atomic mass is 32.2. The standard InChI is InChI=1S/C27H35FN2O7S/c1-5-38(35,36)30-17(4)14-37-15-23-25(18-6-8-19(28)9-7-18)22(26(16(2)3)29-27(23)30)11-10-20(31)12-21(32)13-24(33)34/h6-11,16-17,20-21,31-32H,5,12-15H2,1-4H3,(H,33,34)/b11-10+/t17-,20+,21+/m0/s1. The normalized spacial score (nSPS) is 17.9. The van der Waals surface area contributed by atoms with E-state index in [1.54, 1.807) is 32.1 Å². The average Bonchev–Trinajstić information content (AvgIpc) is 3.00. The summed E-state index contributed by atoms with van der Waals surface area (Å²) in [5.41, 5.74) is 2.87. The van der Waals surface area contributed by atoms with Crippen LogP contribution in [-0.2, 0) is 26.2 Å². The van der Waals surface area contributed by atoms with Crippen LogP contribution >= 0.6 is 0 Å². The Morgan fingerprint density at radius 2 is 1.92 bits per heavy atom. The molecule has 208 valence electrons. The second-order valence-corrected chi connectivity index (χ2v) is 11.9. The number of nitrogens with zero attached hydrogens (tertiary/aromatic N) is 2. The second-order valence-electron chi connectivity index (χ2n) is 9.72. The Labute approximate surface area is 222 Å². The average molecular weight is 551 g/mol. The number of ether oxygens (including phenoxy) is 1.